The molecule has 0 saturated heterocycles. The standard InChI is InChI=1S/C27H23N3O4S/c1-32-18-9-7-17(8-10-18)29-25(31)21-14-16-13-19(33-2)11-12-23(16)34-26(21)30-27-22(15-28)20-5-3-4-6-24(20)35-27/h7-14H,3-6H2,1-2H3,(H,29,31)/b30-26-. The van der Waals surface area contributed by atoms with Crippen molar-refractivity contribution in [1.82, 2.24) is 0 Å². The maximum atomic E-state index is 13.4. The van der Waals surface area contributed by atoms with Crippen LogP contribution >= 0.6 is 11.3 Å². The fourth-order valence-electron chi connectivity index (χ4n) is 4.19. The van der Waals surface area contributed by atoms with Crippen LogP contribution in [0.2, 0.25) is 0 Å². The second-order valence-electron chi connectivity index (χ2n) is 8.17. The lowest BCUT2D eigenvalue weighted by Gasteiger charge is -2.09. The number of amides is 1. The number of hydrogen-bond donors (Lipinski definition) is 1. The van der Waals surface area contributed by atoms with Crippen LogP contribution in [0.4, 0.5) is 10.7 Å². The van der Waals surface area contributed by atoms with Gasteiger partial charge in [-0.25, -0.2) is 4.99 Å². The summed E-state index contributed by atoms with van der Waals surface area (Å²) in [7, 11) is 3.17. The first kappa shape index (κ1) is 22.7. The van der Waals surface area contributed by atoms with Gasteiger partial charge in [-0.3, -0.25) is 4.79 Å². The molecule has 1 N–H and O–H groups in total. The van der Waals surface area contributed by atoms with Crippen LogP contribution < -0.4 is 20.3 Å². The average molecular weight is 486 g/mol. The fourth-order valence-corrected chi connectivity index (χ4v) is 5.40. The van der Waals surface area contributed by atoms with E-state index in [1.165, 1.54) is 16.2 Å². The molecule has 1 amide bonds. The molecule has 5 rings (SSSR count). The predicted octanol–water partition coefficient (Wildman–Crippen LogP) is 5.75. The van der Waals surface area contributed by atoms with Gasteiger partial charge in [-0.1, -0.05) is 0 Å². The zero-order valence-corrected chi connectivity index (χ0v) is 20.2. The number of fused-ring (bicyclic) bond motifs is 2. The van der Waals surface area contributed by atoms with Gasteiger partial charge in [-0.05, 0) is 79.8 Å². The second kappa shape index (κ2) is 9.65. The molecule has 35 heavy (non-hydrogen) atoms. The highest BCUT2D eigenvalue weighted by atomic mass is 32.1. The summed E-state index contributed by atoms with van der Waals surface area (Å²) in [6.07, 6.45) is 4.00. The number of thiophene rings is 1. The second-order valence-corrected chi connectivity index (χ2v) is 9.25. The Kier molecular flexibility index (Phi) is 6.25. The summed E-state index contributed by atoms with van der Waals surface area (Å²) in [5.74, 6) is 0.969. The minimum absolute atomic E-state index is 0.156. The third kappa shape index (κ3) is 4.51. The van der Waals surface area contributed by atoms with Crippen LogP contribution in [-0.4, -0.2) is 20.1 Å². The molecule has 0 bridgehead atoms. The van der Waals surface area contributed by atoms with Crippen LogP contribution in [0.25, 0.3) is 11.0 Å². The van der Waals surface area contributed by atoms with E-state index in [4.69, 9.17) is 18.9 Å². The van der Waals surface area contributed by atoms with E-state index < -0.39 is 0 Å². The number of nitrogens with zero attached hydrogens (tertiary/aromatic N) is 2. The lowest BCUT2D eigenvalue weighted by atomic mass is 9.96. The van der Waals surface area contributed by atoms with Crippen molar-refractivity contribution in [2.45, 2.75) is 25.7 Å². The van der Waals surface area contributed by atoms with Gasteiger partial charge in [-0.2, -0.15) is 5.26 Å². The molecule has 0 radical (unpaired) electrons. The molecule has 2 aromatic carbocycles. The van der Waals surface area contributed by atoms with E-state index >= 15 is 0 Å². The van der Waals surface area contributed by atoms with Gasteiger partial charge in [0, 0.05) is 16.0 Å². The molecule has 2 aromatic heterocycles. The van der Waals surface area contributed by atoms with Crippen LogP contribution in [-0.2, 0) is 12.8 Å². The van der Waals surface area contributed by atoms with E-state index in [9.17, 15) is 10.1 Å². The number of hydrogen-bond acceptors (Lipinski definition) is 7. The molecule has 0 atom stereocenters. The van der Waals surface area contributed by atoms with E-state index in [1.807, 2.05) is 0 Å². The molecule has 0 spiro atoms. The van der Waals surface area contributed by atoms with E-state index in [1.54, 1.807) is 62.8 Å². The summed E-state index contributed by atoms with van der Waals surface area (Å²) < 4.78 is 16.6. The summed E-state index contributed by atoms with van der Waals surface area (Å²) in [5, 5.41) is 14.0. The summed E-state index contributed by atoms with van der Waals surface area (Å²) >= 11 is 1.51. The molecule has 7 nitrogen and oxygen atoms in total. The molecule has 4 aromatic rings. The van der Waals surface area contributed by atoms with Crippen molar-refractivity contribution in [3.8, 4) is 17.6 Å². The maximum absolute atomic E-state index is 13.4. The van der Waals surface area contributed by atoms with E-state index in [0.29, 0.717) is 38.7 Å². The SMILES string of the molecule is COc1ccc(NC(=O)c2cc3cc(OC)ccc3o/c2=N\c2sc3c(c2C#N)CCCC3)cc1. The molecule has 8 heteroatoms. The summed E-state index contributed by atoms with van der Waals surface area (Å²) in [5.41, 5.74) is 3.25. The lowest BCUT2D eigenvalue weighted by Crippen LogP contribution is -2.21. The number of ether oxygens (including phenoxy) is 2. The van der Waals surface area contributed by atoms with Crippen LogP contribution in [0.1, 0.15) is 39.2 Å². The van der Waals surface area contributed by atoms with Crippen LogP contribution in [0.5, 0.6) is 11.5 Å². The minimum atomic E-state index is -0.373. The van der Waals surface area contributed by atoms with Crippen LogP contribution in [0.3, 0.4) is 0 Å². The Morgan fingerprint density at radius 1 is 1.06 bits per heavy atom. The lowest BCUT2D eigenvalue weighted by molar-refractivity contribution is 0.102. The maximum Gasteiger partial charge on any atom is 0.261 e. The van der Waals surface area contributed by atoms with Gasteiger partial charge >= 0.3 is 0 Å². The number of rotatable bonds is 5. The van der Waals surface area contributed by atoms with Gasteiger partial charge in [0.25, 0.3) is 5.91 Å². The zero-order chi connectivity index (χ0) is 24.4. The quantitative estimate of drug-likeness (QED) is 0.388. The molecule has 2 heterocycles. The number of nitriles is 1. The first-order valence-electron chi connectivity index (χ1n) is 11.3. The number of aryl methyl sites for hydroxylation is 1. The molecule has 0 unspecified atom stereocenters. The first-order valence-corrected chi connectivity index (χ1v) is 12.1. The minimum Gasteiger partial charge on any atom is -0.497 e. The van der Waals surface area contributed by atoms with E-state index in [2.05, 4.69) is 11.4 Å². The molecule has 1 aliphatic carbocycles. The summed E-state index contributed by atoms with van der Waals surface area (Å²) in [6, 6.07) is 16.5. The Hall–Kier alpha value is -4.09. The molecular formula is C27H23N3O4S. The van der Waals surface area contributed by atoms with Gasteiger partial charge < -0.3 is 19.2 Å². The van der Waals surface area contributed by atoms with Gasteiger partial charge in [0.05, 0.1) is 19.8 Å². The normalized spacial score (nSPS) is 13.2. The Morgan fingerprint density at radius 2 is 1.80 bits per heavy atom. The third-order valence-electron chi connectivity index (χ3n) is 6.01. The average Bonchev–Trinajstić information content (AvgIpc) is 3.25. The Bertz CT molecular complexity index is 1530. The monoisotopic (exact) mass is 485 g/mol. The van der Waals surface area contributed by atoms with Crippen molar-refractivity contribution in [1.29, 1.82) is 5.26 Å². The molecular weight excluding hydrogens is 462 g/mol. The molecule has 0 aliphatic heterocycles. The molecule has 176 valence electrons. The van der Waals surface area contributed by atoms with Crippen molar-refractivity contribution in [2.24, 2.45) is 4.99 Å². The van der Waals surface area contributed by atoms with Gasteiger partial charge in [0.2, 0.25) is 5.55 Å². The Labute approximate surface area is 206 Å². The molecule has 0 fully saturated rings. The third-order valence-corrected chi connectivity index (χ3v) is 7.20. The topological polar surface area (TPSA) is 96.8 Å². The van der Waals surface area contributed by atoms with Crippen molar-refractivity contribution in [3.63, 3.8) is 0 Å². The van der Waals surface area contributed by atoms with Gasteiger partial charge in [0.1, 0.15) is 33.7 Å². The van der Waals surface area contributed by atoms with E-state index in [0.717, 1.165) is 31.2 Å². The van der Waals surface area contributed by atoms with Crippen LogP contribution in [0, 0.1) is 11.3 Å². The summed E-state index contributed by atoms with van der Waals surface area (Å²) in [6.45, 7) is 0. The Morgan fingerprint density at radius 3 is 2.54 bits per heavy atom. The summed E-state index contributed by atoms with van der Waals surface area (Å²) in [4.78, 5) is 19.3. The zero-order valence-electron chi connectivity index (χ0n) is 19.4. The largest absolute Gasteiger partial charge is 0.497 e. The number of carbonyl (C=O) groups excluding carboxylic acids is 1. The highest BCUT2D eigenvalue weighted by Gasteiger charge is 2.21. The van der Waals surface area contributed by atoms with Gasteiger partial charge in [0.15, 0.2) is 0 Å². The van der Waals surface area contributed by atoms with E-state index in [-0.39, 0.29) is 17.0 Å². The van der Waals surface area contributed by atoms with Crippen molar-refractivity contribution in [3.05, 3.63) is 75.7 Å². The molecule has 0 saturated carbocycles. The number of methoxy groups -OCH3 is 2. The smallest absolute Gasteiger partial charge is 0.261 e. The highest BCUT2D eigenvalue weighted by Crippen LogP contribution is 2.39. The fraction of sp³-hybridized carbons (Fsp3) is 0.222. The van der Waals surface area contributed by atoms with Crippen molar-refractivity contribution in [2.75, 3.05) is 19.5 Å². The van der Waals surface area contributed by atoms with Gasteiger partial charge in [-0.15, -0.1) is 11.3 Å². The Balaban J connectivity index is 1.64. The first-order chi connectivity index (χ1) is 17.1. The number of carbonyl (C=O) groups is 1. The number of nitrogens with one attached hydrogen (secondary N) is 1. The van der Waals surface area contributed by atoms with Crippen LogP contribution in [0.15, 0.2) is 57.9 Å². The van der Waals surface area contributed by atoms with Crippen molar-refractivity contribution >= 4 is 38.9 Å². The van der Waals surface area contributed by atoms with Crippen molar-refractivity contribution < 1.29 is 18.7 Å². The number of benzene rings is 2. The molecule has 1 aliphatic rings. The predicted molar refractivity (Wildman–Crippen MR) is 135 cm³/mol. The highest BCUT2D eigenvalue weighted by molar-refractivity contribution is 7.16. The number of anilines is 1.